The van der Waals surface area contributed by atoms with Crippen LogP contribution in [0.5, 0.6) is 0 Å². The molecule has 0 N–H and O–H groups in total. The minimum atomic E-state index is 0.376. The van der Waals surface area contributed by atoms with Gasteiger partial charge in [-0.15, -0.1) is 10.2 Å². The van der Waals surface area contributed by atoms with Crippen molar-refractivity contribution in [2.24, 2.45) is 0 Å². The summed E-state index contributed by atoms with van der Waals surface area (Å²) in [5.74, 6) is 1.08. The fourth-order valence-electron chi connectivity index (χ4n) is 1.72. The fourth-order valence-corrected chi connectivity index (χ4v) is 2.24. The van der Waals surface area contributed by atoms with Gasteiger partial charge in [0.1, 0.15) is 5.03 Å². The average Bonchev–Trinajstić information content (AvgIpc) is 2.89. The molecular weight excluding hydrogens is 258 g/mol. The SMILES string of the molecule is N#CCSc1ccc2nnc(-c3ccccc3)n2n1. The molecule has 0 saturated heterocycles. The van der Waals surface area contributed by atoms with Crippen LogP contribution in [0.3, 0.4) is 0 Å². The van der Waals surface area contributed by atoms with E-state index in [-0.39, 0.29) is 0 Å². The van der Waals surface area contributed by atoms with E-state index in [0.717, 1.165) is 10.6 Å². The van der Waals surface area contributed by atoms with Crippen LogP contribution in [0.1, 0.15) is 0 Å². The largest absolute Gasteiger partial charge is 0.197 e. The second-order valence-corrected chi connectivity index (χ2v) is 4.77. The van der Waals surface area contributed by atoms with Gasteiger partial charge in [0.25, 0.3) is 0 Å². The highest BCUT2D eigenvalue weighted by Crippen LogP contribution is 2.19. The maximum Gasteiger partial charge on any atom is 0.185 e. The first kappa shape index (κ1) is 11.7. The molecule has 3 aromatic rings. The number of thioether (sulfide) groups is 1. The van der Waals surface area contributed by atoms with Crippen molar-refractivity contribution in [3.05, 3.63) is 42.5 Å². The third kappa shape index (κ3) is 2.28. The summed E-state index contributed by atoms with van der Waals surface area (Å²) < 4.78 is 1.70. The molecule has 0 aliphatic carbocycles. The molecule has 0 aliphatic rings. The van der Waals surface area contributed by atoms with Gasteiger partial charge < -0.3 is 0 Å². The standard InChI is InChI=1S/C13H9N5S/c14-8-9-19-12-7-6-11-15-16-13(18(11)17-12)10-4-2-1-3-5-10/h1-7H,9H2. The first-order valence-electron chi connectivity index (χ1n) is 5.66. The highest BCUT2D eigenvalue weighted by atomic mass is 32.2. The predicted octanol–water partition coefficient (Wildman–Crippen LogP) is 2.41. The summed E-state index contributed by atoms with van der Waals surface area (Å²) in [4.78, 5) is 0. The molecule has 1 aromatic carbocycles. The zero-order valence-electron chi connectivity index (χ0n) is 9.89. The lowest BCUT2D eigenvalue weighted by atomic mass is 10.2. The average molecular weight is 267 g/mol. The lowest BCUT2D eigenvalue weighted by Crippen LogP contribution is -1.96. The van der Waals surface area contributed by atoms with E-state index >= 15 is 0 Å². The van der Waals surface area contributed by atoms with Crippen LogP contribution in [0.25, 0.3) is 17.0 Å². The van der Waals surface area contributed by atoms with Crippen LogP contribution in [0.2, 0.25) is 0 Å². The number of nitrogens with zero attached hydrogens (tertiary/aromatic N) is 5. The van der Waals surface area contributed by atoms with Crippen LogP contribution in [0.4, 0.5) is 0 Å². The Bertz CT molecular complexity index is 745. The summed E-state index contributed by atoms with van der Waals surface area (Å²) in [5, 5.41) is 22.1. The molecule has 0 bridgehead atoms. The minimum Gasteiger partial charge on any atom is -0.197 e. The monoisotopic (exact) mass is 267 g/mol. The summed E-state index contributed by atoms with van der Waals surface area (Å²) in [5.41, 5.74) is 1.66. The van der Waals surface area contributed by atoms with Crippen LogP contribution in [-0.2, 0) is 0 Å². The van der Waals surface area contributed by atoms with Crippen molar-refractivity contribution >= 4 is 17.4 Å². The first-order chi connectivity index (χ1) is 9.38. The normalized spacial score (nSPS) is 10.5. The molecule has 0 atom stereocenters. The number of nitriles is 1. The van der Waals surface area contributed by atoms with Crippen LogP contribution in [0.15, 0.2) is 47.5 Å². The van der Waals surface area contributed by atoms with Gasteiger partial charge in [-0.05, 0) is 12.1 Å². The van der Waals surface area contributed by atoms with Gasteiger partial charge >= 0.3 is 0 Å². The van der Waals surface area contributed by atoms with E-state index in [1.54, 1.807) is 4.52 Å². The second-order valence-electron chi connectivity index (χ2n) is 3.78. The Hall–Kier alpha value is -2.39. The van der Waals surface area contributed by atoms with Gasteiger partial charge in [-0.25, -0.2) is 0 Å². The summed E-state index contributed by atoms with van der Waals surface area (Å²) >= 11 is 1.39. The zero-order chi connectivity index (χ0) is 13.1. The number of hydrogen-bond acceptors (Lipinski definition) is 5. The van der Waals surface area contributed by atoms with Gasteiger partial charge in [0, 0.05) is 5.56 Å². The quantitative estimate of drug-likeness (QED) is 0.682. The Labute approximate surface area is 113 Å². The van der Waals surface area contributed by atoms with E-state index in [1.807, 2.05) is 42.5 Å². The highest BCUT2D eigenvalue weighted by Gasteiger charge is 2.09. The molecule has 2 heterocycles. The van der Waals surface area contributed by atoms with E-state index in [0.29, 0.717) is 17.2 Å². The number of rotatable bonds is 3. The van der Waals surface area contributed by atoms with E-state index in [2.05, 4.69) is 21.4 Å². The lowest BCUT2D eigenvalue weighted by Gasteiger charge is -2.00. The molecule has 0 spiro atoms. The van der Waals surface area contributed by atoms with E-state index < -0.39 is 0 Å². The van der Waals surface area contributed by atoms with Crippen molar-refractivity contribution in [3.63, 3.8) is 0 Å². The smallest absolute Gasteiger partial charge is 0.185 e. The molecule has 19 heavy (non-hydrogen) atoms. The van der Waals surface area contributed by atoms with Gasteiger partial charge in [-0.3, -0.25) is 0 Å². The lowest BCUT2D eigenvalue weighted by molar-refractivity contribution is 0.861. The molecule has 92 valence electrons. The molecular formula is C13H9N5S. The van der Waals surface area contributed by atoms with E-state index in [1.165, 1.54) is 11.8 Å². The topological polar surface area (TPSA) is 66.9 Å². The Morgan fingerprint density at radius 1 is 1.11 bits per heavy atom. The van der Waals surface area contributed by atoms with Crippen molar-refractivity contribution in [3.8, 4) is 17.5 Å². The molecule has 0 radical (unpaired) electrons. The minimum absolute atomic E-state index is 0.376. The van der Waals surface area contributed by atoms with Gasteiger partial charge in [-0.1, -0.05) is 42.1 Å². The number of hydrogen-bond donors (Lipinski definition) is 0. The molecule has 0 amide bonds. The van der Waals surface area contributed by atoms with Crippen LogP contribution < -0.4 is 0 Å². The number of aromatic nitrogens is 4. The van der Waals surface area contributed by atoms with Crippen molar-refractivity contribution in [1.29, 1.82) is 5.26 Å². The third-order valence-corrected chi connectivity index (χ3v) is 3.34. The van der Waals surface area contributed by atoms with E-state index in [4.69, 9.17) is 5.26 Å². The third-order valence-electron chi connectivity index (χ3n) is 2.55. The summed E-state index contributed by atoms with van der Waals surface area (Å²) in [6.07, 6.45) is 0. The fraction of sp³-hybridized carbons (Fsp3) is 0.0769. The van der Waals surface area contributed by atoms with Crippen molar-refractivity contribution < 1.29 is 0 Å². The van der Waals surface area contributed by atoms with Crippen LogP contribution >= 0.6 is 11.8 Å². The number of fused-ring (bicyclic) bond motifs is 1. The maximum absolute atomic E-state index is 8.60. The van der Waals surface area contributed by atoms with Crippen LogP contribution in [0, 0.1) is 11.3 Å². The van der Waals surface area contributed by atoms with E-state index in [9.17, 15) is 0 Å². The summed E-state index contributed by atoms with van der Waals surface area (Å²) in [7, 11) is 0. The van der Waals surface area contributed by atoms with Gasteiger partial charge in [-0.2, -0.15) is 14.9 Å². The molecule has 0 unspecified atom stereocenters. The summed E-state index contributed by atoms with van der Waals surface area (Å²) in [6, 6.07) is 15.6. The molecule has 0 aliphatic heterocycles. The highest BCUT2D eigenvalue weighted by molar-refractivity contribution is 7.99. The van der Waals surface area contributed by atoms with Crippen molar-refractivity contribution in [2.45, 2.75) is 5.03 Å². The molecule has 6 heteroatoms. The summed E-state index contributed by atoms with van der Waals surface area (Å²) in [6.45, 7) is 0. The number of benzene rings is 1. The Morgan fingerprint density at radius 2 is 1.95 bits per heavy atom. The zero-order valence-corrected chi connectivity index (χ0v) is 10.7. The molecule has 0 saturated carbocycles. The maximum atomic E-state index is 8.60. The molecule has 2 aromatic heterocycles. The van der Waals surface area contributed by atoms with Gasteiger partial charge in [0.2, 0.25) is 0 Å². The second kappa shape index (κ2) is 5.08. The molecule has 0 fully saturated rings. The predicted molar refractivity (Wildman–Crippen MR) is 72.6 cm³/mol. The molecule has 5 nitrogen and oxygen atoms in total. The van der Waals surface area contributed by atoms with Crippen molar-refractivity contribution in [1.82, 2.24) is 19.8 Å². The van der Waals surface area contributed by atoms with Crippen molar-refractivity contribution in [2.75, 3.05) is 5.75 Å². The Kier molecular flexibility index (Phi) is 3.12. The molecule has 3 rings (SSSR count). The Morgan fingerprint density at radius 3 is 2.74 bits per heavy atom. The van der Waals surface area contributed by atoms with Gasteiger partial charge in [0.05, 0.1) is 11.8 Å². The Balaban J connectivity index is 2.09. The van der Waals surface area contributed by atoms with Gasteiger partial charge in [0.15, 0.2) is 11.5 Å². The van der Waals surface area contributed by atoms with Crippen LogP contribution in [-0.4, -0.2) is 25.6 Å². The first-order valence-corrected chi connectivity index (χ1v) is 6.64.